The van der Waals surface area contributed by atoms with Crippen molar-refractivity contribution in [3.05, 3.63) is 35.1 Å². The van der Waals surface area contributed by atoms with Gasteiger partial charge in [0.25, 0.3) is 0 Å². The van der Waals surface area contributed by atoms with Gasteiger partial charge in [-0.25, -0.2) is 4.39 Å². The van der Waals surface area contributed by atoms with Crippen molar-refractivity contribution in [2.24, 2.45) is 5.73 Å². The Morgan fingerprint density at radius 2 is 2.00 bits per heavy atom. The van der Waals surface area contributed by atoms with Crippen molar-refractivity contribution in [1.82, 2.24) is 0 Å². The fraction of sp³-hybridized carbons (Fsp3) is 0.400. The lowest BCUT2D eigenvalue weighted by molar-refractivity contribution is 0.164. The second-order valence-electron chi connectivity index (χ2n) is 3.28. The average Bonchev–Trinajstić information content (AvgIpc) is 2.08. The Balaban J connectivity index is 0.00000169. The summed E-state index contributed by atoms with van der Waals surface area (Å²) in [6.45, 7) is 3.27. The van der Waals surface area contributed by atoms with Crippen molar-refractivity contribution in [3.8, 4) is 0 Å². The van der Waals surface area contributed by atoms with Crippen LogP contribution in [0.15, 0.2) is 18.2 Å². The highest BCUT2D eigenvalue weighted by Crippen LogP contribution is 2.17. The number of hydrogen-bond donors (Lipinski definition) is 2. The molecule has 14 heavy (non-hydrogen) atoms. The molecule has 0 unspecified atom stereocenters. The lowest BCUT2D eigenvalue weighted by atomic mass is 10.0. The number of nitrogens with two attached hydrogens (primary N) is 1. The van der Waals surface area contributed by atoms with E-state index < -0.39 is 12.1 Å². The van der Waals surface area contributed by atoms with Crippen LogP contribution in [0.2, 0.25) is 0 Å². The van der Waals surface area contributed by atoms with Gasteiger partial charge in [0.1, 0.15) is 5.82 Å². The second-order valence-corrected chi connectivity index (χ2v) is 3.28. The number of aliphatic hydroxyl groups excluding tert-OH is 1. The maximum absolute atomic E-state index is 13.1. The first-order chi connectivity index (χ1) is 6.02. The quantitative estimate of drug-likeness (QED) is 0.799. The molecule has 0 spiro atoms. The van der Waals surface area contributed by atoms with Crippen LogP contribution in [0.5, 0.6) is 0 Å². The average molecular weight is 220 g/mol. The molecule has 0 bridgehead atoms. The zero-order valence-electron chi connectivity index (χ0n) is 8.20. The van der Waals surface area contributed by atoms with Gasteiger partial charge in [-0.2, -0.15) is 0 Å². The molecular formula is C10H15ClFNO. The summed E-state index contributed by atoms with van der Waals surface area (Å²) in [6, 6.07) is 4.24. The third-order valence-electron chi connectivity index (χ3n) is 2.10. The highest BCUT2D eigenvalue weighted by atomic mass is 35.5. The van der Waals surface area contributed by atoms with Crippen LogP contribution < -0.4 is 5.73 Å². The Morgan fingerprint density at radius 1 is 1.43 bits per heavy atom. The normalized spacial score (nSPS) is 14.4. The Morgan fingerprint density at radius 3 is 2.43 bits per heavy atom. The van der Waals surface area contributed by atoms with Crippen LogP contribution in [0.3, 0.4) is 0 Å². The third-order valence-corrected chi connectivity index (χ3v) is 2.10. The smallest absolute Gasteiger partial charge is 0.126 e. The monoisotopic (exact) mass is 219 g/mol. The molecule has 0 fully saturated rings. The highest BCUT2D eigenvalue weighted by molar-refractivity contribution is 5.85. The molecule has 0 amide bonds. The molecule has 3 N–H and O–H groups in total. The lowest BCUT2D eigenvalue weighted by Gasteiger charge is -2.15. The molecule has 80 valence electrons. The number of hydrogen-bond acceptors (Lipinski definition) is 2. The Kier molecular flexibility index (Phi) is 5.05. The fourth-order valence-electron chi connectivity index (χ4n) is 1.09. The zero-order valence-corrected chi connectivity index (χ0v) is 9.01. The maximum Gasteiger partial charge on any atom is 0.126 e. The van der Waals surface area contributed by atoms with Crippen molar-refractivity contribution >= 4 is 12.4 Å². The van der Waals surface area contributed by atoms with E-state index in [0.717, 1.165) is 0 Å². The number of aryl methyl sites for hydroxylation is 1. The Bertz CT molecular complexity index is 304. The zero-order chi connectivity index (χ0) is 10.0. The minimum Gasteiger partial charge on any atom is -0.391 e. The molecule has 1 aromatic rings. The maximum atomic E-state index is 13.1. The van der Waals surface area contributed by atoms with Gasteiger partial charge >= 0.3 is 0 Å². The molecule has 0 saturated heterocycles. The van der Waals surface area contributed by atoms with E-state index in [9.17, 15) is 9.50 Å². The van der Waals surface area contributed by atoms with Crippen LogP contribution in [0.1, 0.15) is 24.1 Å². The van der Waals surface area contributed by atoms with Crippen LogP contribution >= 0.6 is 12.4 Å². The summed E-state index contributed by atoms with van der Waals surface area (Å²) in [5.74, 6) is -0.284. The van der Waals surface area contributed by atoms with Crippen molar-refractivity contribution in [1.29, 1.82) is 0 Å². The van der Waals surface area contributed by atoms with Crippen molar-refractivity contribution in [2.45, 2.75) is 26.0 Å². The largest absolute Gasteiger partial charge is 0.391 e. The molecule has 1 aromatic carbocycles. The van der Waals surface area contributed by atoms with Crippen LogP contribution in [0.25, 0.3) is 0 Å². The summed E-state index contributed by atoms with van der Waals surface area (Å²) in [5.41, 5.74) is 6.85. The Labute approximate surface area is 89.3 Å². The molecule has 0 aliphatic heterocycles. The summed E-state index contributed by atoms with van der Waals surface area (Å²) < 4.78 is 13.1. The molecule has 0 aliphatic rings. The molecule has 0 aromatic heterocycles. The summed E-state index contributed by atoms with van der Waals surface area (Å²) in [4.78, 5) is 0. The first-order valence-corrected chi connectivity index (χ1v) is 4.22. The van der Waals surface area contributed by atoms with Gasteiger partial charge in [0.05, 0.1) is 12.1 Å². The van der Waals surface area contributed by atoms with Crippen molar-refractivity contribution < 1.29 is 9.50 Å². The predicted octanol–water partition coefficient (Wildman–Crippen LogP) is 1.94. The molecule has 1 rings (SSSR count). The first-order valence-electron chi connectivity index (χ1n) is 4.22. The van der Waals surface area contributed by atoms with E-state index in [4.69, 9.17) is 5.73 Å². The van der Waals surface area contributed by atoms with E-state index in [1.165, 1.54) is 6.07 Å². The third kappa shape index (κ3) is 2.94. The van der Waals surface area contributed by atoms with Gasteiger partial charge in [0.15, 0.2) is 0 Å². The van der Waals surface area contributed by atoms with Gasteiger partial charge in [0, 0.05) is 0 Å². The fourth-order valence-corrected chi connectivity index (χ4v) is 1.09. The van der Waals surface area contributed by atoms with Crippen LogP contribution in [-0.2, 0) is 0 Å². The molecule has 0 radical (unpaired) electrons. The molecule has 2 nitrogen and oxygen atoms in total. The minimum atomic E-state index is -0.665. The first kappa shape index (κ1) is 13.4. The standard InChI is InChI=1S/C10H14FNO.ClH/c1-6-3-4-8(5-9(6)11)10(12)7(2)13;/h3-5,7,10,13H,12H2,1-2H3;1H/t7-,10-;/m1./s1. The van der Waals surface area contributed by atoms with Gasteiger partial charge in [0.2, 0.25) is 0 Å². The van der Waals surface area contributed by atoms with Gasteiger partial charge < -0.3 is 10.8 Å². The number of halogens is 2. The predicted molar refractivity (Wildman–Crippen MR) is 57.0 cm³/mol. The van der Waals surface area contributed by atoms with E-state index in [-0.39, 0.29) is 18.2 Å². The van der Waals surface area contributed by atoms with Gasteiger partial charge in [-0.3, -0.25) is 0 Å². The molecule has 4 heteroatoms. The lowest BCUT2D eigenvalue weighted by Crippen LogP contribution is -2.23. The van der Waals surface area contributed by atoms with Crippen molar-refractivity contribution in [2.75, 3.05) is 0 Å². The molecule has 0 heterocycles. The van der Waals surface area contributed by atoms with Gasteiger partial charge in [-0.15, -0.1) is 12.4 Å². The number of rotatable bonds is 2. The number of benzene rings is 1. The molecular weight excluding hydrogens is 205 g/mol. The summed E-state index contributed by atoms with van der Waals surface area (Å²) >= 11 is 0. The van der Waals surface area contributed by atoms with Crippen LogP contribution in [-0.4, -0.2) is 11.2 Å². The molecule has 0 aliphatic carbocycles. The van der Waals surface area contributed by atoms with E-state index in [2.05, 4.69) is 0 Å². The number of aliphatic hydroxyl groups is 1. The van der Waals surface area contributed by atoms with E-state index in [1.54, 1.807) is 26.0 Å². The summed E-state index contributed by atoms with van der Waals surface area (Å²) in [6.07, 6.45) is -0.665. The van der Waals surface area contributed by atoms with Crippen molar-refractivity contribution in [3.63, 3.8) is 0 Å². The van der Waals surface area contributed by atoms with E-state index in [1.807, 2.05) is 0 Å². The van der Waals surface area contributed by atoms with Gasteiger partial charge in [-0.05, 0) is 31.0 Å². The SMILES string of the molecule is Cc1ccc([C@H](N)[C@@H](C)O)cc1F.Cl. The van der Waals surface area contributed by atoms with E-state index in [0.29, 0.717) is 11.1 Å². The minimum absolute atomic E-state index is 0. The molecule has 2 atom stereocenters. The topological polar surface area (TPSA) is 46.2 Å². The van der Waals surface area contributed by atoms with E-state index >= 15 is 0 Å². The second kappa shape index (κ2) is 5.29. The van der Waals surface area contributed by atoms with Gasteiger partial charge in [-0.1, -0.05) is 12.1 Å². The Hall–Kier alpha value is -0.640. The van der Waals surface area contributed by atoms with Crippen LogP contribution in [0, 0.1) is 12.7 Å². The van der Waals surface area contributed by atoms with Crippen LogP contribution in [0.4, 0.5) is 4.39 Å². The highest BCUT2D eigenvalue weighted by Gasteiger charge is 2.12. The molecule has 0 saturated carbocycles. The summed E-state index contributed by atoms with van der Waals surface area (Å²) in [7, 11) is 0. The summed E-state index contributed by atoms with van der Waals surface area (Å²) in [5, 5.41) is 9.19.